The van der Waals surface area contributed by atoms with E-state index in [-0.39, 0.29) is 17.2 Å². The van der Waals surface area contributed by atoms with E-state index in [0.717, 1.165) is 4.68 Å². The molecule has 0 aliphatic carbocycles. The number of benzene rings is 2. The Kier molecular flexibility index (Phi) is 5.58. The van der Waals surface area contributed by atoms with Crippen molar-refractivity contribution in [2.24, 2.45) is 5.92 Å². The van der Waals surface area contributed by atoms with Gasteiger partial charge in [-0.15, -0.1) is 5.10 Å². The summed E-state index contributed by atoms with van der Waals surface area (Å²) in [6.45, 7) is 3.45. The maximum atomic E-state index is 13.0. The lowest BCUT2D eigenvalue weighted by molar-refractivity contribution is -0.143. The van der Waals surface area contributed by atoms with Crippen molar-refractivity contribution >= 4 is 22.8 Å². The summed E-state index contributed by atoms with van der Waals surface area (Å²) in [5, 5.41) is 29.6. The monoisotopic (exact) mass is 396 g/mol. The van der Waals surface area contributed by atoms with E-state index in [2.05, 4.69) is 15.6 Å². The molecule has 9 heteroatoms. The van der Waals surface area contributed by atoms with E-state index in [1.807, 2.05) is 0 Å². The summed E-state index contributed by atoms with van der Waals surface area (Å²) in [6.07, 6.45) is 0. The average molecular weight is 396 g/mol. The first-order valence-electron chi connectivity index (χ1n) is 8.96. The number of hydrogen-bond acceptors (Lipinski definition) is 6. The second kappa shape index (κ2) is 8.09. The van der Waals surface area contributed by atoms with Crippen molar-refractivity contribution in [3.8, 4) is 5.75 Å². The molecule has 2 aromatic carbocycles. The number of aromatic nitrogens is 3. The Morgan fingerprint density at radius 1 is 1.07 bits per heavy atom. The minimum absolute atomic E-state index is 0.0257. The second-order valence-electron chi connectivity index (χ2n) is 6.92. The van der Waals surface area contributed by atoms with Gasteiger partial charge in [0, 0.05) is 0 Å². The van der Waals surface area contributed by atoms with Crippen LogP contribution in [0.5, 0.6) is 5.75 Å². The van der Waals surface area contributed by atoms with Crippen molar-refractivity contribution in [3.63, 3.8) is 0 Å². The Balaban J connectivity index is 1.98. The molecule has 0 aliphatic heterocycles. The number of hydrogen-bond donors (Lipinski definition) is 3. The second-order valence-corrected chi connectivity index (χ2v) is 6.92. The van der Waals surface area contributed by atoms with Crippen LogP contribution < -0.4 is 10.9 Å². The van der Waals surface area contributed by atoms with E-state index < -0.39 is 29.5 Å². The van der Waals surface area contributed by atoms with Gasteiger partial charge in [-0.1, -0.05) is 43.3 Å². The molecule has 0 spiro atoms. The molecule has 0 saturated heterocycles. The highest BCUT2D eigenvalue weighted by Crippen LogP contribution is 2.21. The van der Waals surface area contributed by atoms with Gasteiger partial charge in [0.05, 0.1) is 5.39 Å². The van der Waals surface area contributed by atoms with E-state index in [9.17, 15) is 24.6 Å². The molecule has 0 bridgehead atoms. The molecule has 0 fully saturated rings. The molecule has 3 rings (SSSR count). The minimum atomic E-state index is -1.35. The molecule has 2 atom stereocenters. The fourth-order valence-electron chi connectivity index (χ4n) is 3.06. The number of nitrogens with one attached hydrogen (secondary N) is 1. The summed E-state index contributed by atoms with van der Waals surface area (Å²) in [5.41, 5.74) is 0.202. The van der Waals surface area contributed by atoms with Crippen molar-refractivity contribution < 1.29 is 19.8 Å². The summed E-state index contributed by atoms with van der Waals surface area (Å²) in [6, 6.07) is 9.70. The largest absolute Gasteiger partial charge is 0.508 e. The number of nitrogens with zero attached hydrogens (tertiary/aromatic N) is 3. The lowest BCUT2D eigenvalue weighted by atomic mass is 10.0. The van der Waals surface area contributed by atoms with E-state index in [1.165, 1.54) is 24.3 Å². The number of aliphatic carboxylic acids is 1. The van der Waals surface area contributed by atoms with Gasteiger partial charge in [0.1, 0.15) is 17.3 Å². The van der Waals surface area contributed by atoms with Crippen LogP contribution in [0.2, 0.25) is 0 Å². The SMILES string of the molecule is CC(C)[C@H](C(=O)N[C@H](C(=O)O)c1ccc(O)cc1)n1nnc2ccccc2c1=O. The number of phenolic OH excluding ortho intramolecular Hbond substituents is 1. The number of carboxylic acid groups (broad SMARTS) is 1. The van der Waals surface area contributed by atoms with E-state index >= 15 is 0 Å². The van der Waals surface area contributed by atoms with Gasteiger partial charge in [-0.2, -0.15) is 4.68 Å². The molecule has 3 aromatic rings. The van der Waals surface area contributed by atoms with Crippen molar-refractivity contribution in [1.29, 1.82) is 0 Å². The summed E-state index contributed by atoms with van der Waals surface area (Å²) >= 11 is 0. The van der Waals surface area contributed by atoms with Gasteiger partial charge < -0.3 is 15.5 Å². The summed E-state index contributed by atoms with van der Waals surface area (Å²) < 4.78 is 0.984. The zero-order valence-corrected chi connectivity index (χ0v) is 15.8. The molecule has 150 valence electrons. The normalized spacial score (nSPS) is 13.2. The van der Waals surface area contributed by atoms with Crippen LogP contribution in [0.15, 0.2) is 53.3 Å². The molecular formula is C20H20N4O5. The van der Waals surface area contributed by atoms with E-state index in [0.29, 0.717) is 10.9 Å². The molecule has 0 unspecified atom stereocenters. The third kappa shape index (κ3) is 4.08. The average Bonchev–Trinajstić information content (AvgIpc) is 2.68. The zero-order valence-electron chi connectivity index (χ0n) is 15.8. The molecule has 0 radical (unpaired) electrons. The number of carbonyl (C=O) groups is 2. The Morgan fingerprint density at radius 3 is 2.34 bits per heavy atom. The summed E-state index contributed by atoms with van der Waals surface area (Å²) in [5.74, 6) is -2.34. The van der Waals surface area contributed by atoms with Gasteiger partial charge in [-0.05, 0) is 35.7 Å². The quantitative estimate of drug-likeness (QED) is 0.576. The topological polar surface area (TPSA) is 134 Å². The first-order valence-corrected chi connectivity index (χ1v) is 8.96. The Labute approximate surface area is 165 Å². The molecule has 1 amide bonds. The predicted octanol–water partition coefficient (Wildman–Crippen LogP) is 1.64. The van der Waals surface area contributed by atoms with Gasteiger partial charge in [0.25, 0.3) is 5.56 Å². The molecule has 3 N–H and O–H groups in total. The van der Waals surface area contributed by atoms with Crippen molar-refractivity contribution in [2.45, 2.75) is 25.9 Å². The Morgan fingerprint density at radius 2 is 1.72 bits per heavy atom. The molecule has 1 aromatic heterocycles. The number of rotatable bonds is 6. The van der Waals surface area contributed by atoms with Crippen LogP contribution in [0.4, 0.5) is 0 Å². The van der Waals surface area contributed by atoms with Gasteiger partial charge >= 0.3 is 5.97 Å². The fourth-order valence-corrected chi connectivity index (χ4v) is 3.06. The first-order chi connectivity index (χ1) is 13.8. The zero-order chi connectivity index (χ0) is 21.1. The molecule has 29 heavy (non-hydrogen) atoms. The standard InChI is InChI=1S/C20H20N4O5/c1-11(2)17(24-19(27)14-5-3-4-6-15(14)22-23-24)18(26)21-16(20(28)29)12-7-9-13(25)10-8-12/h3-11,16-17,25H,1-2H3,(H,21,26)(H,28,29)/t16-,17+/m0/s1. The molecule has 0 saturated carbocycles. The van der Waals surface area contributed by atoms with Crippen LogP contribution in [0.3, 0.4) is 0 Å². The van der Waals surface area contributed by atoms with Crippen molar-refractivity contribution in [3.05, 3.63) is 64.4 Å². The lowest BCUT2D eigenvalue weighted by Gasteiger charge is -2.23. The van der Waals surface area contributed by atoms with Crippen LogP contribution in [-0.4, -0.2) is 37.1 Å². The highest BCUT2D eigenvalue weighted by Gasteiger charge is 2.31. The lowest BCUT2D eigenvalue weighted by Crippen LogP contribution is -2.44. The van der Waals surface area contributed by atoms with Gasteiger partial charge in [-0.3, -0.25) is 9.59 Å². The fraction of sp³-hybridized carbons (Fsp3) is 0.250. The third-order valence-electron chi connectivity index (χ3n) is 4.51. The number of aromatic hydroxyl groups is 1. The van der Waals surface area contributed by atoms with Crippen molar-refractivity contribution in [2.75, 3.05) is 0 Å². The highest BCUT2D eigenvalue weighted by molar-refractivity contribution is 5.87. The highest BCUT2D eigenvalue weighted by atomic mass is 16.4. The van der Waals surface area contributed by atoms with Crippen LogP contribution >= 0.6 is 0 Å². The van der Waals surface area contributed by atoms with E-state index in [4.69, 9.17) is 0 Å². The Hall–Kier alpha value is -3.75. The molecular weight excluding hydrogens is 376 g/mol. The minimum Gasteiger partial charge on any atom is -0.508 e. The van der Waals surface area contributed by atoms with Crippen LogP contribution in [0, 0.1) is 5.92 Å². The summed E-state index contributed by atoms with van der Waals surface area (Å²) in [4.78, 5) is 37.5. The molecule has 9 nitrogen and oxygen atoms in total. The number of fused-ring (bicyclic) bond motifs is 1. The van der Waals surface area contributed by atoms with Crippen LogP contribution in [0.25, 0.3) is 10.9 Å². The third-order valence-corrected chi connectivity index (χ3v) is 4.51. The molecule has 1 heterocycles. The van der Waals surface area contributed by atoms with Crippen LogP contribution in [0.1, 0.15) is 31.5 Å². The number of carbonyl (C=O) groups excluding carboxylic acids is 1. The smallest absolute Gasteiger partial charge is 0.330 e. The van der Waals surface area contributed by atoms with Crippen LogP contribution in [-0.2, 0) is 9.59 Å². The van der Waals surface area contributed by atoms with E-state index in [1.54, 1.807) is 38.1 Å². The number of amides is 1. The van der Waals surface area contributed by atoms with Gasteiger partial charge in [-0.25, -0.2) is 4.79 Å². The summed E-state index contributed by atoms with van der Waals surface area (Å²) in [7, 11) is 0. The predicted molar refractivity (Wildman–Crippen MR) is 104 cm³/mol. The Bertz CT molecular complexity index is 1110. The number of carboxylic acids is 1. The maximum absolute atomic E-state index is 13.0. The first kappa shape index (κ1) is 20.0. The molecule has 0 aliphatic rings. The number of phenols is 1. The maximum Gasteiger partial charge on any atom is 0.330 e. The van der Waals surface area contributed by atoms with Gasteiger partial charge in [0.15, 0.2) is 6.04 Å². The van der Waals surface area contributed by atoms with Crippen molar-refractivity contribution in [1.82, 2.24) is 20.3 Å². The van der Waals surface area contributed by atoms with Gasteiger partial charge in [0.2, 0.25) is 5.91 Å².